The monoisotopic (exact) mass is 406 g/mol. The largest absolute Gasteiger partial charge is 0.342 e. The molecule has 0 atom stereocenters. The van der Waals surface area contributed by atoms with Gasteiger partial charge in [0, 0.05) is 39.3 Å². The number of nitrogens with zero attached hydrogens (tertiary/aromatic N) is 4. The van der Waals surface area contributed by atoms with Crippen molar-refractivity contribution >= 4 is 21.7 Å². The van der Waals surface area contributed by atoms with Crippen LogP contribution in [0, 0.1) is 0 Å². The molecule has 0 aromatic heterocycles. The molecule has 2 amide bonds. The zero-order valence-corrected chi connectivity index (χ0v) is 18.7. The third-order valence-corrected chi connectivity index (χ3v) is 6.22. The molecule has 0 rings (SSSR count). The minimum atomic E-state index is -3.24. The smallest absolute Gasteiger partial charge is 0.236 e. The molecule has 0 aromatic carbocycles. The van der Waals surface area contributed by atoms with Gasteiger partial charge >= 0.3 is 0 Å². The number of likely N-dealkylation sites (N-methyl/N-ethyl adjacent to an activating group) is 4. The highest BCUT2D eigenvalue weighted by molar-refractivity contribution is 7.91. The molecule has 160 valence electrons. The lowest BCUT2D eigenvalue weighted by molar-refractivity contribution is -0.132. The maximum Gasteiger partial charge on any atom is 0.236 e. The van der Waals surface area contributed by atoms with Gasteiger partial charge in [0.2, 0.25) is 11.8 Å². The van der Waals surface area contributed by atoms with Gasteiger partial charge in [-0.1, -0.05) is 0 Å². The maximum atomic E-state index is 12.3. The Hall–Kier alpha value is -1.19. The molecule has 9 heteroatoms. The molecule has 0 saturated heterocycles. The first kappa shape index (κ1) is 25.8. The lowest BCUT2D eigenvalue weighted by Crippen LogP contribution is -2.41. The molecule has 0 radical (unpaired) electrons. The summed E-state index contributed by atoms with van der Waals surface area (Å²) in [4.78, 5) is 31.1. The van der Waals surface area contributed by atoms with Gasteiger partial charge in [0.15, 0.2) is 9.84 Å². The van der Waals surface area contributed by atoms with Crippen molar-refractivity contribution in [2.24, 2.45) is 0 Å². The summed E-state index contributed by atoms with van der Waals surface area (Å²) in [5.74, 6) is 0.0313. The standard InChI is InChI=1S/C18H38N4O4S/c1-7-21(8-2)17(23)15-19(5)11-13-27(25,26)14-12-20(6)16-18(24)22(9-3)10-4/h7-16H2,1-6H3. The highest BCUT2D eigenvalue weighted by atomic mass is 32.2. The second-order valence-corrected chi connectivity index (χ2v) is 9.06. The Morgan fingerprint density at radius 2 is 0.963 bits per heavy atom. The Labute approximate surface area is 165 Å². The Morgan fingerprint density at radius 1 is 0.667 bits per heavy atom. The predicted molar refractivity (Wildman–Crippen MR) is 110 cm³/mol. The van der Waals surface area contributed by atoms with E-state index in [9.17, 15) is 18.0 Å². The van der Waals surface area contributed by atoms with Gasteiger partial charge in [0.1, 0.15) is 0 Å². The van der Waals surface area contributed by atoms with E-state index in [1.165, 1.54) is 0 Å². The number of hydrogen-bond acceptors (Lipinski definition) is 6. The van der Waals surface area contributed by atoms with Gasteiger partial charge in [0.25, 0.3) is 0 Å². The van der Waals surface area contributed by atoms with Crippen molar-refractivity contribution < 1.29 is 18.0 Å². The van der Waals surface area contributed by atoms with Crippen LogP contribution in [-0.2, 0) is 19.4 Å². The van der Waals surface area contributed by atoms with Gasteiger partial charge in [-0.3, -0.25) is 19.4 Å². The van der Waals surface area contributed by atoms with Gasteiger partial charge < -0.3 is 9.80 Å². The van der Waals surface area contributed by atoms with Crippen LogP contribution in [0.1, 0.15) is 27.7 Å². The molecule has 0 saturated carbocycles. The summed E-state index contributed by atoms with van der Waals surface area (Å²) < 4.78 is 24.5. The summed E-state index contributed by atoms with van der Waals surface area (Å²) in [6, 6.07) is 0. The van der Waals surface area contributed by atoms with Crippen molar-refractivity contribution in [1.29, 1.82) is 0 Å². The highest BCUT2D eigenvalue weighted by Gasteiger charge is 2.18. The van der Waals surface area contributed by atoms with E-state index >= 15 is 0 Å². The van der Waals surface area contributed by atoms with Crippen LogP contribution in [-0.4, -0.2) is 118 Å². The van der Waals surface area contributed by atoms with Crippen molar-refractivity contribution in [3.63, 3.8) is 0 Å². The molecule has 0 N–H and O–H groups in total. The van der Waals surface area contributed by atoms with E-state index in [1.54, 1.807) is 33.7 Å². The maximum absolute atomic E-state index is 12.3. The summed E-state index contributed by atoms with van der Waals surface area (Å²) >= 11 is 0. The lowest BCUT2D eigenvalue weighted by atomic mass is 10.4. The molecule has 27 heavy (non-hydrogen) atoms. The zero-order valence-electron chi connectivity index (χ0n) is 17.9. The number of hydrogen-bond donors (Lipinski definition) is 0. The molecular formula is C18H38N4O4S. The number of amides is 2. The van der Waals surface area contributed by atoms with Crippen LogP contribution in [0.4, 0.5) is 0 Å². The van der Waals surface area contributed by atoms with Gasteiger partial charge in [-0.2, -0.15) is 0 Å². The first-order valence-electron chi connectivity index (χ1n) is 9.73. The fourth-order valence-electron chi connectivity index (χ4n) is 2.66. The summed E-state index contributed by atoms with van der Waals surface area (Å²) in [6.45, 7) is 11.4. The predicted octanol–water partition coefficient (Wildman–Crippen LogP) is 0.00160. The summed E-state index contributed by atoms with van der Waals surface area (Å²) in [5, 5.41) is 0. The molecule has 0 spiro atoms. The number of sulfone groups is 1. The average Bonchev–Trinajstić information content (AvgIpc) is 2.60. The molecule has 0 fully saturated rings. The molecule has 0 aliphatic carbocycles. The molecule has 0 aromatic rings. The van der Waals surface area contributed by atoms with E-state index in [4.69, 9.17) is 0 Å². The van der Waals surface area contributed by atoms with Crippen LogP contribution >= 0.6 is 0 Å². The summed E-state index contributed by atoms with van der Waals surface area (Å²) in [5.41, 5.74) is 0. The average molecular weight is 407 g/mol. The minimum absolute atomic E-state index is 0.00681. The third-order valence-electron chi connectivity index (χ3n) is 4.61. The second kappa shape index (κ2) is 13.1. The van der Waals surface area contributed by atoms with Crippen molar-refractivity contribution in [3.05, 3.63) is 0 Å². The Balaban J connectivity index is 4.33. The SMILES string of the molecule is CCN(CC)C(=O)CN(C)CCS(=O)(=O)CCN(C)CC(=O)N(CC)CC. The molecular weight excluding hydrogens is 368 g/mol. The topological polar surface area (TPSA) is 81.2 Å². The van der Waals surface area contributed by atoms with Gasteiger partial charge in [-0.05, 0) is 41.8 Å². The lowest BCUT2D eigenvalue weighted by Gasteiger charge is -2.24. The minimum Gasteiger partial charge on any atom is -0.342 e. The second-order valence-electron chi connectivity index (χ2n) is 6.76. The normalized spacial score (nSPS) is 11.9. The van der Waals surface area contributed by atoms with Crippen molar-refractivity contribution in [2.75, 3.05) is 78.0 Å². The Bertz CT molecular complexity index is 504. The van der Waals surface area contributed by atoms with E-state index in [-0.39, 0.29) is 36.4 Å². The third kappa shape index (κ3) is 10.7. The van der Waals surface area contributed by atoms with Gasteiger partial charge in [0.05, 0.1) is 24.6 Å². The van der Waals surface area contributed by atoms with Crippen LogP contribution in [0.25, 0.3) is 0 Å². The van der Waals surface area contributed by atoms with Crippen LogP contribution in [0.15, 0.2) is 0 Å². The van der Waals surface area contributed by atoms with Crippen LogP contribution < -0.4 is 0 Å². The van der Waals surface area contributed by atoms with Gasteiger partial charge in [-0.25, -0.2) is 8.42 Å². The number of rotatable bonds is 14. The van der Waals surface area contributed by atoms with Crippen LogP contribution in [0.2, 0.25) is 0 Å². The molecule has 0 heterocycles. The fraction of sp³-hybridized carbons (Fsp3) is 0.889. The van der Waals surface area contributed by atoms with Crippen molar-refractivity contribution in [3.8, 4) is 0 Å². The van der Waals surface area contributed by atoms with Gasteiger partial charge in [-0.15, -0.1) is 0 Å². The fourth-order valence-corrected chi connectivity index (χ4v) is 4.05. The van der Waals surface area contributed by atoms with E-state index in [2.05, 4.69) is 0 Å². The Kier molecular flexibility index (Phi) is 12.5. The summed E-state index contributed by atoms with van der Waals surface area (Å²) in [7, 11) is 0.272. The molecule has 0 bridgehead atoms. The van der Waals surface area contributed by atoms with E-state index in [0.29, 0.717) is 39.3 Å². The first-order chi connectivity index (χ1) is 12.6. The summed E-state index contributed by atoms with van der Waals surface area (Å²) in [6.07, 6.45) is 0. The quantitative estimate of drug-likeness (QED) is 0.404. The number of carbonyl (C=O) groups excluding carboxylic acids is 2. The zero-order chi connectivity index (χ0) is 21.0. The molecule has 0 unspecified atom stereocenters. The Morgan fingerprint density at radius 3 is 1.22 bits per heavy atom. The molecule has 8 nitrogen and oxygen atoms in total. The van der Waals surface area contributed by atoms with Crippen LogP contribution in [0.3, 0.4) is 0 Å². The van der Waals surface area contributed by atoms with Crippen molar-refractivity contribution in [2.45, 2.75) is 27.7 Å². The molecule has 0 aliphatic rings. The van der Waals surface area contributed by atoms with E-state index < -0.39 is 9.84 Å². The number of carbonyl (C=O) groups is 2. The van der Waals surface area contributed by atoms with E-state index in [0.717, 1.165) is 0 Å². The van der Waals surface area contributed by atoms with E-state index in [1.807, 2.05) is 27.7 Å². The molecule has 0 aliphatic heterocycles. The van der Waals surface area contributed by atoms with Crippen molar-refractivity contribution in [1.82, 2.24) is 19.6 Å². The van der Waals surface area contributed by atoms with Crippen LogP contribution in [0.5, 0.6) is 0 Å². The first-order valence-corrected chi connectivity index (χ1v) is 11.5. The highest BCUT2D eigenvalue weighted by Crippen LogP contribution is 1.98.